The summed E-state index contributed by atoms with van der Waals surface area (Å²) < 4.78 is 9.04. The van der Waals surface area contributed by atoms with Gasteiger partial charge in [0.1, 0.15) is 18.5 Å². The third-order valence-electron chi connectivity index (χ3n) is 10.2. The Morgan fingerprint density at radius 2 is 1.47 bits per heavy atom. The highest BCUT2D eigenvalue weighted by atomic mass is 35.5. The smallest absolute Gasteiger partial charge is 0.212 e. The van der Waals surface area contributed by atoms with Crippen LogP contribution in [0.1, 0.15) is 60.3 Å². The molecule has 0 radical (unpaired) electrons. The second-order valence-corrected chi connectivity index (χ2v) is 16.4. The van der Waals surface area contributed by atoms with Crippen LogP contribution >= 0.6 is 69.1 Å². The lowest BCUT2D eigenvalue weighted by Gasteiger charge is -2.43. The largest absolute Gasteiger partial charge is 0.545 e. The molecule has 3 aromatic carbocycles. The van der Waals surface area contributed by atoms with Gasteiger partial charge in [0.25, 0.3) is 0 Å². The zero-order chi connectivity index (χ0) is 33.5. The van der Waals surface area contributed by atoms with Crippen molar-refractivity contribution in [2.24, 2.45) is 0 Å². The summed E-state index contributed by atoms with van der Waals surface area (Å²) in [6.45, 7) is 8.78. The molecule has 8 rings (SSSR count). The Bertz CT molecular complexity index is 2410. The van der Waals surface area contributed by atoms with Crippen molar-refractivity contribution in [1.82, 2.24) is 4.58 Å². The van der Waals surface area contributed by atoms with Crippen molar-refractivity contribution in [3.05, 3.63) is 106 Å². The van der Waals surface area contributed by atoms with Crippen LogP contribution in [0.2, 0.25) is 20.1 Å². The highest BCUT2D eigenvalue weighted by molar-refractivity contribution is 7.14. The maximum absolute atomic E-state index is 12.9. The predicted molar refractivity (Wildman–Crippen MR) is 193 cm³/mol. The van der Waals surface area contributed by atoms with Gasteiger partial charge in [-0.3, -0.25) is 0 Å². The maximum Gasteiger partial charge on any atom is 0.212 e. The summed E-state index contributed by atoms with van der Waals surface area (Å²) in [6.07, 6.45) is 0. The molecular formula is C36H26Cl4N2O3S2. The number of carboxylic acids is 1. The van der Waals surface area contributed by atoms with E-state index < -0.39 is 5.97 Å². The van der Waals surface area contributed by atoms with Crippen LogP contribution in [0.25, 0.3) is 26.5 Å². The quantitative estimate of drug-likeness (QED) is 0.102. The molecule has 0 N–H and O–H groups in total. The fourth-order valence-corrected chi connectivity index (χ4v) is 10.3. The first-order valence-corrected chi connectivity index (χ1v) is 18.1. The first kappa shape index (κ1) is 31.2. The Morgan fingerprint density at radius 3 is 2.15 bits per heavy atom. The van der Waals surface area contributed by atoms with Crippen LogP contribution in [-0.2, 0) is 11.1 Å². The first-order valence-electron chi connectivity index (χ1n) is 14.8. The molecule has 0 aliphatic carbocycles. The Balaban J connectivity index is 1.58. The van der Waals surface area contributed by atoms with Gasteiger partial charge in [-0.2, -0.15) is 0 Å². The lowest BCUT2D eigenvalue weighted by molar-refractivity contribution is -0.255. The molecular weight excluding hydrogens is 714 g/mol. The number of carboxylic acid groups (broad SMARTS) is 1. The molecule has 2 aromatic heterocycles. The summed E-state index contributed by atoms with van der Waals surface area (Å²) in [5.74, 6) is -0.426. The highest BCUT2D eigenvalue weighted by Gasteiger charge is 2.41. The summed E-state index contributed by atoms with van der Waals surface area (Å²) in [7, 11) is 4.14. The molecule has 0 bridgehead atoms. The third kappa shape index (κ3) is 4.08. The maximum atomic E-state index is 12.9. The van der Waals surface area contributed by atoms with E-state index in [-0.39, 0.29) is 42.3 Å². The molecule has 3 aliphatic heterocycles. The number of aromatic carboxylic acids is 1. The number of hydrogen-bond donors (Lipinski definition) is 0. The second kappa shape index (κ2) is 10.2. The minimum Gasteiger partial charge on any atom is -0.545 e. The van der Waals surface area contributed by atoms with Gasteiger partial charge >= 0.3 is 0 Å². The van der Waals surface area contributed by atoms with Gasteiger partial charge in [-0.25, -0.2) is 4.58 Å². The highest BCUT2D eigenvalue weighted by Crippen LogP contribution is 2.54. The number of thiophene rings is 2. The first-order chi connectivity index (χ1) is 22.2. The molecule has 5 aromatic rings. The van der Waals surface area contributed by atoms with E-state index in [0.717, 1.165) is 31.9 Å². The minimum atomic E-state index is -1.52. The van der Waals surface area contributed by atoms with Crippen molar-refractivity contribution < 1.29 is 14.6 Å². The monoisotopic (exact) mass is 738 g/mol. The van der Waals surface area contributed by atoms with Crippen LogP contribution in [-0.4, -0.2) is 20.1 Å². The summed E-state index contributed by atoms with van der Waals surface area (Å²) in [6, 6.07) is 12.5. The number of benzene rings is 3. The fourth-order valence-electron chi connectivity index (χ4n) is 7.17. The standard InChI is InChI=1S/C36H26Cl4N2O3S2/c1-35(2)19-7-9-46-32(19)15-11-17-23(13-21(15)41(35)5)45-24-14-22-16(33-20(8-10-47-33)36(3,4)42(22)6)12-18(24)25(17)26-27(34(43)44)29(38)31(40)30(39)28(26)37/h7-14H,1-6H3. The Labute approximate surface area is 299 Å². The summed E-state index contributed by atoms with van der Waals surface area (Å²) in [4.78, 5) is 17.4. The van der Waals surface area contributed by atoms with Crippen LogP contribution in [0.3, 0.4) is 0 Å². The number of rotatable bonds is 2. The number of fused-ring (bicyclic) bond motifs is 8. The van der Waals surface area contributed by atoms with Gasteiger partial charge in [-0.1, -0.05) is 46.4 Å². The van der Waals surface area contributed by atoms with Gasteiger partial charge in [0.15, 0.2) is 5.54 Å². The molecule has 238 valence electrons. The number of ether oxygens (including phenoxy) is 1. The van der Waals surface area contributed by atoms with Crippen molar-refractivity contribution in [3.8, 4) is 32.4 Å². The topological polar surface area (TPSA) is 55.6 Å². The van der Waals surface area contributed by atoms with Crippen LogP contribution in [0.5, 0.6) is 11.5 Å². The lowest BCUT2D eigenvalue weighted by Crippen LogP contribution is -2.46. The number of carbonyl (C=O) groups excluding carboxylic acids is 1. The van der Waals surface area contributed by atoms with E-state index in [9.17, 15) is 9.90 Å². The van der Waals surface area contributed by atoms with Gasteiger partial charge in [-0.05, 0) is 54.4 Å². The molecule has 3 aliphatic rings. The molecule has 11 heteroatoms. The minimum absolute atomic E-state index is 0.0327. The molecule has 0 amide bonds. The van der Waals surface area contributed by atoms with Crippen LogP contribution in [0.15, 0.2) is 47.2 Å². The third-order valence-corrected chi connectivity index (χ3v) is 13.9. The number of halogens is 4. The van der Waals surface area contributed by atoms with Gasteiger partial charge in [0, 0.05) is 76.1 Å². The van der Waals surface area contributed by atoms with Gasteiger partial charge < -0.3 is 19.5 Å². The number of hydrogen-bond acceptors (Lipinski definition) is 6. The summed E-state index contributed by atoms with van der Waals surface area (Å²) in [5, 5.41) is 18.2. The van der Waals surface area contributed by atoms with Crippen molar-refractivity contribution in [1.29, 1.82) is 0 Å². The Kier molecular flexibility index (Phi) is 6.80. The summed E-state index contributed by atoms with van der Waals surface area (Å²) in [5.41, 5.74) is 5.81. The average Bonchev–Trinajstić information content (AvgIpc) is 3.73. The zero-order valence-electron chi connectivity index (χ0n) is 26.1. The lowest BCUT2D eigenvalue weighted by atomic mass is 9.82. The summed E-state index contributed by atoms with van der Waals surface area (Å²) >= 11 is 30.0. The fraction of sp³-hybridized carbons (Fsp3) is 0.222. The van der Waals surface area contributed by atoms with Crippen LogP contribution in [0.4, 0.5) is 5.69 Å². The molecule has 47 heavy (non-hydrogen) atoms. The van der Waals surface area contributed by atoms with E-state index in [1.165, 1.54) is 11.1 Å². The van der Waals surface area contributed by atoms with E-state index in [1.807, 2.05) is 12.1 Å². The Hall–Kier alpha value is -3.04. The van der Waals surface area contributed by atoms with Gasteiger partial charge in [0.05, 0.1) is 48.1 Å². The van der Waals surface area contributed by atoms with Gasteiger partial charge in [-0.15, -0.1) is 22.7 Å². The molecule has 0 spiro atoms. The van der Waals surface area contributed by atoms with Crippen molar-refractivity contribution in [3.63, 3.8) is 0 Å². The molecule has 0 atom stereocenters. The van der Waals surface area contributed by atoms with Crippen molar-refractivity contribution >= 4 is 86.3 Å². The second-order valence-electron chi connectivity index (χ2n) is 13.1. The van der Waals surface area contributed by atoms with E-state index in [2.05, 4.69) is 86.3 Å². The SMILES string of the molecule is CN1c2cc3c(cc2-c2sccc2C1(C)C)C(c1c(Cl)c(Cl)c(Cl)c(Cl)c1C(=O)[O-])=c1cc2c(cc1O3)=[N+](C)C(C)(C)c1ccsc1-2. The van der Waals surface area contributed by atoms with E-state index in [1.54, 1.807) is 22.7 Å². The van der Waals surface area contributed by atoms with E-state index in [0.29, 0.717) is 27.9 Å². The normalized spacial score (nSPS) is 16.4. The molecule has 0 fully saturated rings. The van der Waals surface area contributed by atoms with Gasteiger partial charge in [0.2, 0.25) is 5.36 Å². The molecule has 5 heterocycles. The van der Waals surface area contributed by atoms with Crippen molar-refractivity contribution in [2.45, 2.75) is 38.8 Å². The average molecular weight is 741 g/mol. The van der Waals surface area contributed by atoms with E-state index >= 15 is 0 Å². The van der Waals surface area contributed by atoms with Crippen LogP contribution in [0, 0.1) is 0 Å². The number of nitrogens with zero attached hydrogens (tertiary/aromatic N) is 2. The number of carbonyl (C=O) groups is 1. The Morgan fingerprint density at radius 1 is 0.830 bits per heavy atom. The van der Waals surface area contributed by atoms with E-state index in [4.69, 9.17) is 51.1 Å². The molecule has 0 unspecified atom stereocenters. The molecule has 0 saturated carbocycles. The zero-order valence-corrected chi connectivity index (χ0v) is 30.7. The molecule has 5 nitrogen and oxygen atoms in total. The van der Waals surface area contributed by atoms with Crippen molar-refractivity contribution in [2.75, 3.05) is 19.0 Å². The number of anilines is 1. The molecule has 0 saturated heterocycles. The predicted octanol–water partition coefficient (Wildman–Crippen LogP) is 8.53. The van der Waals surface area contributed by atoms with Crippen LogP contribution < -0.4 is 29.9 Å².